The normalized spacial score (nSPS) is 10.0. The van der Waals surface area contributed by atoms with Crippen LogP contribution in [-0.4, -0.2) is 12.1 Å². The molecule has 0 spiro atoms. The van der Waals surface area contributed by atoms with Crippen molar-refractivity contribution >= 4 is 23.5 Å². The number of amides is 1. The van der Waals surface area contributed by atoms with Crippen molar-refractivity contribution in [3.8, 4) is 6.07 Å². The lowest BCUT2D eigenvalue weighted by molar-refractivity contribution is -0.120. The van der Waals surface area contributed by atoms with Crippen LogP contribution in [0.2, 0.25) is 0 Å². The van der Waals surface area contributed by atoms with Gasteiger partial charge in [0.1, 0.15) is 6.42 Å². The molecule has 0 saturated heterocycles. The molecule has 0 aliphatic heterocycles. The van der Waals surface area contributed by atoms with E-state index in [1.807, 2.05) is 18.4 Å². The lowest BCUT2D eigenvalue weighted by Crippen LogP contribution is -2.16. The van der Waals surface area contributed by atoms with Crippen LogP contribution in [0.1, 0.15) is 16.9 Å². The SMILES string of the molecule is Cc1ccsc1/C=N/NC(=O)CC#N. The average Bonchev–Trinajstić information content (AvgIpc) is 2.52. The second kappa shape index (κ2) is 5.14. The fraction of sp³-hybridized carbons (Fsp3) is 0.222. The summed E-state index contributed by atoms with van der Waals surface area (Å²) in [6.07, 6.45) is 1.41. The summed E-state index contributed by atoms with van der Waals surface area (Å²) in [5, 5.41) is 13.9. The van der Waals surface area contributed by atoms with Crippen LogP contribution in [0.4, 0.5) is 0 Å². The third-order valence-electron chi connectivity index (χ3n) is 1.51. The van der Waals surface area contributed by atoms with Gasteiger partial charge < -0.3 is 0 Å². The third kappa shape index (κ3) is 2.99. The van der Waals surface area contributed by atoms with E-state index in [1.165, 1.54) is 0 Å². The predicted octanol–water partition coefficient (Wildman–Crippen LogP) is 1.42. The maximum absolute atomic E-state index is 10.8. The zero-order chi connectivity index (χ0) is 10.4. The standard InChI is InChI=1S/C9H9N3OS/c1-7-3-5-14-8(7)6-11-12-9(13)2-4-10/h3,5-6H,2H2,1H3,(H,12,13)/b11-6+. The number of nitriles is 1. The van der Waals surface area contributed by atoms with Gasteiger partial charge in [-0.25, -0.2) is 5.43 Å². The Morgan fingerprint density at radius 3 is 3.21 bits per heavy atom. The Hall–Kier alpha value is -1.67. The van der Waals surface area contributed by atoms with Crippen LogP contribution in [0.3, 0.4) is 0 Å². The molecule has 14 heavy (non-hydrogen) atoms. The second-order valence-corrected chi connectivity index (χ2v) is 3.54. The van der Waals surface area contributed by atoms with Crippen molar-refractivity contribution in [3.63, 3.8) is 0 Å². The first-order valence-electron chi connectivity index (χ1n) is 3.97. The number of thiophene rings is 1. The number of hydrogen-bond acceptors (Lipinski definition) is 4. The van der Waals surface area contributed by atoms with Crippen LogP contribution in [0.5, 0.6) is 0 Å². The minimum atomic E-state index is -0.391. The van der Waals surface area contributed by atoms with E-state index in [4.69, 9.17) is 5.26 Å². The topological polar surface area (TPSA) is 65.2 Å². The first-order chi connectivity index (χ1) is 6.74. The average molecular weight is 207 g/mol. The summed E-state index contributed by atoms with van der Waals surface area (Å²) >= 11 is 1.55. The molecule has 0 aliphatic carbocycles. The highest BCUT2D eigenvalue weighted by molar-refractivity contribution is 7.11. The van der Waals surface area contributed by atoms with Gasteiger partial charge in [-0.2, -0.15) is 10.4 Å². The maximum atomic E-state index is 10.8. The molecule has 1 rings (SSSR count). The number of aryl methyl sites for hydroxylation is 1. The highest BCUT2D eigenvalue weighted by Gasteiger charge is 1.97. The van der Waals surface area contributed by atoms with E-state index in [2.05, 4.69) is 10.5 Å². The van der Waals surface area contributed by atoms with Gasteiger partial charge in [0.15, 0.2) is 0 Å². The molecule has 0 unspecified atom stereocenters. The molecule has 0 radical (unpaired) electrons. The highest BCUT2D eigenvalue weighted by atomic mass is 32.1. The number of rotatable bonds is 3. The van der Waals surface area contributed by atoms with E-state index < -0.39 is 5.91 Å². The summed E-state index contributed by atoms with van der Waals surface area (Å²) in [6, 6.07) is 3.71. The number of nitrogens with zero attached hydrogens (tertiary/aromatic N) is 2. The Morgan fingerprint density at radius 1 is 1.86 bits per heavy atom. The van der Waals surface area contributed by atoms with E-state index in [0.717, 1.165) is 10.4 Å². The number of hydrazone groups is 1. The first-order valence-corrected chi connectivity index (χ1v) is 4.85. The molecule has 0 aromatic carbocycles. The number of carbonyl (C=O) groups is 1. The van der Waals surface area contributed by atoms with Crippen LogP contribution < -0.4 is 5.43 Å². The molecule has 5 heteroatoms. The van der Waals surface area contributed by atoms with Gasteiger partial charge >= 0.3 is 0 Å². The van der Waals surface area contributed by atoms with Crippen LogP contribution in [0, 0.1) is 18.3 Å². The van der Waals surface area contributed by atoms with Gasteiger partial charge in [-0.15, -0.1) is 11.3 Å². The van der Waals surface area contributed by atoms with E-state index in [0.29, 0.717) is 0 Å². The molecule has 72 valence electrons. The van der Waals surface area contributed by atoms with Gasteiger partial charge in [0, 0.05) is 4.88 Å². The largest absolute Gasteiger partial charge is 0.272 e. The van der Waals surface area contributed by atoms with Crippen molar-refractivity contribution in [1.29, 1.82) is 5.26 Å². The van der Waals surface area contributed by atoms with Crippen LogP contribution in [0.15, 0.2) is 16.5 Å². The van der Waals surface area contributed by atoms with Crippen molar-refractivity contribution < 1.29 is 4.79 Å². The predicted molar refractivity (Wildman–Crippen MR) is 55.0 cm³/mol. The summed E-state index contributed by atoms with van der Waals surface area (Å²) in [5.74, 6) is -0.391. The smallest absolute Gasteiger partial charge is 0.254 e. The van der Waals surface area contributed by atoms with Gasteiger partial charge in [-0.05, 0) is 23.9 Å². The number of hydrogen-bond donors (Lipinski definition) is 1. The molecule has 0 saturated carbocycles. The highest BCUT2D eigenvalue weighted by Crippen LogP contribution is 2.12. The van der Waals surface area contributed by atoms with E-state index in [9.17, 15) is 4.79 Å². The summed E-state index contributed by atoms with van der Waals surface area (Å²) < 4.78 is 0. The summed E-state index contributed by atoms with van der Waals surface area (Å²) in [4.78, 5) is 11.8. The molecular weight excluding hydrogens is 198 g/mol. The number of carbonyl (C=O) groups excluding carboxylic acids is 1. The second-order valence-electron chi connectivity index (χ2n) is 2.60. The Bertz CT molecular complexity index is 389. The van der Waals surface area contributed by atoms with Gasteiger partial charge in [-0.3, -0.25) is 4.79 Å². The molecule has 0 fully saturated rings. The Morgan fingerprint density at radius 2 is 2.64 bits per heavy atom. The zero-order valence-electron chi connectivity index (χ0n) is 7.65. The van der Waals surface area contributed by atoms with Crippen LogP contribution in [-0.2, 0) is 4.79 Å². The summed E-state index contributed by atoms with van der Waals surface area (Å²) in [5.41, 5.74) is 3.38. The molecule has 0 aliphatic rings. The third-order valence-corrected chi connectivity index (χ3v) is 2.47. The summed E-state index contributed by atoms with van der Waals surface area (Å²) in [7, 11) is 0. The van der Waals surface area contributed by atoms with Crippen molar-refractivity contribution in [1.82, 2.24) is 5.43 Å². The summed E-state index contributed by atoms with van der Waals surface area (Å²) in [6.45, 7) is 1.97. The lowest BCUT2D eigenvalue weighted by Gasteiger charge is -1.92. The van der Waals surface area contributed by atoms with Crippen molar-refractivity contribution in [2.75, 3.05) is 0 Å². The van der Waals surface area contributed by atoms with Crippen LogP contribution in [0.25, 0.3) is 0 Å². The van der Waals surface area contributed by atoms with E-state index in [-0.39, 0.29) is 6.42 Å². The minimum Gasteiger partial charge on any atom is -0.272 e. The monoisotopic (exact) mass is 207 g/mol. The Labute approximate surface area is 85.9 Å². The quantitative estimate of drug-likeness (QED) is 0.601. The van der Waals surface area contributed by atoms with Gasteiger partial charge in [-0.1, -0.05) is 0 Å². The molecule has 1 aromatic rings. The Kier molecular flexibility index (Phi) is 3.83. The van der Waals surface area contributed by atoms with Gasteiger partial charge in [0.05, 0.1) is 12.3 Å². The molecule has 1 heterocycles. The van der Waals surface area contributed by atoms with Gasteiger partial charge in [0.25, 0.3) is 5.91 Å². The van der Waals surface area contributed by atoms with E-state index in [1.54, 1.807) is 23.6 Å². The van der Waals surface area contributed by atoms with Crippen LogP contribution >= 0.6 is 11.3 Å². The zero-order valence-corrected chi connectivity index (χ0v) is 8.47. The molecule has 0 bridgehead atoms. The first kappa shape index (κ1) is 10.4. The van der Waals surface area contributed by atoms with E-state index >= 15 is 0 Å². The molecular formula is C9H9N3OS. The molecule has 1 aromatic heterocycles. The molecule has 4 nitrogen and oxygen atoms in total. The molecule has 1 amide bonds. The van der Waals surface area contributed by atoms with Crippen molar-refractivity contribution in [2.45, 2.75) is 13.3 Å². The lowest BCUT2D eigenvalue weighted by atomic mass is 10.3. The van der Waals surface area contributed by atoms with Crippen molar-refractivity contribution in [2.24, 2.45) is 5.10 Å². The molecule has 0 atom stereocenters. The minimum absolute atomic E-state index is 0.166. The van der Waals surface area contributed by atoms with Crippen molar-refractivity contribution in [3.05, 3.63) is 21.9 Å². The molecule has 1 N–H and O–H groups in total. The maximum Gasteiger partial charge on any atom is 0.254 e. The Balaban J connectivity index is 2.46. The fourth-order valence-electron chi connectivity index (χ4n) is 0.791. The number of nitrogens with one attached hydrogen (secondary N) is 1. The fourth-order valence-corrected chi connectivity index (χ4v) is 1.58. The van der Waals surface area contributed by atoms with Gasteiger partial charge in [0.2, 0.25) is 0 Å².